The van der Waals surface area contributed by atoms with E-state index in [0.717, 1.165) is 49.0 Å². The number of piperidine rings is 1. The first-order valence-corrected chi connectivity index (χ1v) is 9.92. The van der Waals surface area contributed by atoms with Crippen molar-refractivity contribution >= 4 is 34.4 Å². The summed E-state index contributed by atoms with van der Waals surface area (Å²) in [7, 11) is 2.07. The lowest BCUT2D eigenvalue weighted by atomic mass is 10.2. The average Bonchev–Trinajstić information content (AvgIpc) is 2.98. The first-order chi connectivity index (χ1) is 13.1. The van der Waals surface area contributed by atoms with Gasteiger partial charge in [0.1, 0.15) is 11.6 Å². The van der Waals surface area contributed by atoms with Crippen LogP contribution >= 0.6 is 23.2 Å². The number of hydrogen-bond donors (Lipinski definition) is 0. The molecule has 3 atom stereocenters. The van der Waals surface area contributed by atoms with E-state index in [1.807, 2.05) is 18.2 Å². The zero-order valence-electron chi connectivity index (χ0n) is 15.0. The quantitative estimate of drug-likeness (QED) is 0.645. The zero-order chi connectivity index (χ0) is 18.5. The van der Waals surface area contributed by atoms with Gasteiger partial charge in [0.15, 0.2) is 5.65 Å². The molecular formula is C20H20Cl2N4O. The van der Waals surface area contributed by atoms with Crippen molar-refractivity contribution in [1.29, 1.82) is 0 Å². The lowest BCUT2D eigenvalue weighted by molar-refractivity contribution is 0.226. The Bertz CT molecular complexity index is 993. The van der Waals surface area contributed by atoms with Crippen molar-refractivity contribution in [2.75, 3.05) is 19.7 Å². The minimum atomic E-state index is 0.574. The molecule has 1 unspecified atom stereocenters. The van der Waals surface area contributed by atoms with Gasteiger partial charge in [0.25, 0.3) is 0 Å². The van der Waals surface area contributed by atoms with Crippen LogP contribution in [0.25, 0.3) is 11.2 Å². The van der Waals surface area contributed by atoms with Crippen LogP contribution in [-0.4, -0.2) is 39.1 Å². The molecule has 2 aliphatic rings. The topological polar surface area (TPSA) is 43.2 Å². The Hall–Kier alpha value is -1.82. The summed E-state index contributed by atoms with van der Waals surface area (Å²) in [6.45, 7) is 3.80. The summed E-state index contributed by atoms with van der Waals surface area (Å²) in [6.07, 6.45) is 1.79. The first-order valence-electron chi connectivity index (χ1n) is 9.16. The molecule has 0 amide bonds. The van der Waals surface area contributed by atoms with Crippen molar-refractivity contribution in [2.45, 2.75) is 6.54 Å². The Labute approximate surface area is 167 Å². The normalized spacial score (nSPS) is 24.3. The van der Waals surface area contributed by atoms with Gasteiger partial charge in [-0.25, -0.2) is 9.97 Å². The summed E-state index contributed by atoms with van der Waals surface area (Å²) in [5, 5.41) is 1.20. The van der Waals surface area contributed by atoms with Gasteiger partial charge in [-0.2, -0.15) is 0 Å². The summed E-state index contributed by atoms with van der Waals surface area (Å²) in [4.78, 5) is 11.5. The Kier molecular flexibility index (Phi) is 4.26. The Morgan fingerprint density at radius 1 is 1.19 bits per heavy atom. The predicted molar refractivity (Wildman–Crippen MR) is 106 cm³/mol. The van der Waals surface area contributed by atoms with Gasteiger partial charge in [-0.05, 0) is 42.2 Å². The van der Waals surface area contributed by atoms with E-state index in [2.05, 4.69) is 32.5 Å². The van der Waals surface area contributed by atoms with E-state index in [1.165, 1.54) is 0 Å². The average molecular weight is 403 g/mol. The number of nitrogens with zero attached hydrogens (tertiary/aromatic N) is 4. The molecule has 0 N–H and O–H groups in total. The van der Waals surface area contributed by atoms with Crippen LogP contribution in [0.5, 0.6) is 5.75 Å². The molecule has 0 radical (unpaired) electrons. The van der Waals surface area contributed by atoms with E-state index in [0.29, 0.717) is 27.8 Å². The maximum atomic E-state index is 6.18. The summed E-state index contributed by atoms with van der Waals surface area (Å²) >= 11 is 12.1. The van der Waals surface area contributed by atoms with Crippen LogP contribution in [0.3, 0.4) is 0 Å². The number of halogens is 2. The number of hydrogen-bond acceptors (Lipinski definition) is 4. The second-order valence-electron chi connectivity index (χ2n) is 7.50. The molecular weight excluding hydrogens is 383 g/mol. The molecule has 1 aromatic carbocycles. The molecule has 5 rings (SSSR count). The highest BCUT2D eigenvalue weighted by Gasteiger charge is 2.55. The van der Waals surface area contributed by atoms with Crippen molar-refractivity contribution in [3.63, 3.8) is 0 Å². The minimum Gasteiger partial charge on any atom is -0.492 e. The fourth-order valence-corrected chi connectivity index (χ4v) is 4.77. The number of benzene rings is 1. The van der Waals surface area contributed by atoms with Crippen LogP contribution in [0.4, 0.5) is 0 Å². The number of rotatable bonds is 5. The number of ether oxygens (including phenoxy) is 1. The molecule has 0 spiro atoms. The fourth-order valence-electron chi connectivity index (χ4n) is 4.31. The maximum absolute atomic E-state index is 6.18. The summed E-state index contributed by atoms with van der Waals surface area (Å²) in [5.74, 6) is 3.84. The highest BCUT2D eigenvalue weighted by Crippen LogP contribution is 2.52. The molecule has 5 nitrogen and oxygen atoms in total. The third kappa shape index (κ3) is 3.18. The monoisotopic (exact) mass is 402 g/mol. The van der Waals surface area contributed by atoms with Crippen molar-refractivity contribution in [3.8, 4) is 5.75 Å². The molecule has 1 aliphatic carbocycles. The first kappa shape index (κ1) is 17.3. The van der Waals surface area contributed by atoms with E-state index in [1.54, 1.807) is 12.3 Å². The molecule has 7 heteroatoms. The van der Waals surface area contributed by atoms with Gasteiger partial charge in [-0.15, -0.1) is 0 Å². The summed E-state index contributed by atoms with van der Waals surface area (Å²) < 4.78 is 8.08. The van der Waals surface area contributed by atoms with Gasteiger partial charge in [0, 0.05) is 37.3 Å². The molecule has 3 heterocycles. The van der Waals surface area contributed by atoms with Gasteiger partial charge in [-0.1, -0.05) is 23.2 Å². The zero-order valence-corrected chi connectivity index (χ0v) is 16.5. The van der Waals surface area contributed by atoms with Crippen LogP contribution < -0.4 is 4.74 Å². The third-order valence-electron chi connectivity index (χ3n) is 5.89. The van der Waals surface area contributed by atoms with Gasteiger partial charge >= 0.3 is 0 Å². The fraction of sp³-hybridized carbons (Fsp3) is 0.400. The second-order valence-corrected chi connectivity index (χ2v) is 8.35. The van der Waals surface area contributed by atoms with Gasteiger partial charge in [0.05, 0.1) is 23.7 Å². The summed E-state index contributed by atoms with van der Waals surface area (Å²) in [6, 6.07) is 9.39. The highest BCUT2D eigenvalue weighted by molar-refractivity contribution is 6.35. The maximum Gasteiger partial charge on any atom is 0.177 e. The molecule has 3 aromatic rings. The number of aryl methyl sites for hydroxylation is 1. The number of pyridine rings is 1. The van der Waals surface area contributed by atoms with Crippen LogP contribution in [0.15, 0.2) is 36.5 Å². The van der Waals surface area contributed by atoms with Crippen LogP contribution in [0, 0.1) is 17.8 Å². The van der Waals surface area contributed by atoms with Gasteiger partial charge < -0.3 is 9.30 Å². The van der Waals surface area contributed by atoms with E-state index >= 15 is 0 Å². The molecule has 140 valence electrons. The van der Waals surface area contributed by atoms with E-state index < -0.39 is 0 Å². The van der Waals surface area contributed by atoms with E-state index in [4.69, 9.17) is 27.9 Å². The van der Waals surface area contributed by atoms with E-state index in [-0.39, 0.29) is 0 Å². The molecule has 1 saturated heterocycles. The smallest absolute Gasteiger partial charge is 0.177 e. The van der Waals surface area contributed by atoms with Crippen molar-refractivity contribution in [2.24, 2.45) is 24.8 Å². The lowest BCUT2D eigenvalue weighted by Crippen LogP contribution is -2.26. The molecule has 0 bridgehead atoms. The molecule has 1 saturated carbocycles. The van der Waals surface area contributed by atoms with Crippen molar-refractivity contribution in [3.05, 3.63) is 52.4 Å². The van der Waals surface area contributed by atoms with Crippen LogP contribution in [0.1, 0.15) is 5.82 Å². The van der Waals surface area contributed by atoms with Crippen molar-refractivity contribution < 1.29 is 4.74 Å². The molecule has 1 aliphatic heterocycles. The van der Waals surface area contributed by atoms with E-state index in [9.17, 15) is 0 Å². The Morgan fingerprint density at radius 3 is 2.74 bits per heavy atom. The number of imidazole rings is 1. The van der Waals surface area contributed by atoms with Gasteiger partial charge in [-0.3, -0.25) is 4.90 Å². The molecule has 27 heavy (non-hydrogen) atoms. The Morgan fingerprint density at radius 2 is 2.00 bits per heavy atom. The van der Waals surface area contributed by atoms with Crippen molar-refractivity contribution in [1.82, 2.24) is 19.4 Å². The predicted octanol–water partition coefficient (Wildman–Crippen LogP) is 4.03. The second kappa shape index (κ2) is 6.66. The standard InChI is InChI=1S/C20H20Cl2N4O/c1-25-17-3-2-6-23-20(17)24-19(25)10-26-8-13-14(9-26)15(13)11-27-18-5-4-12(21)7-16(18)22/h2-7,13-15H,8-11H2,1H3/t13-,14+,15?. The molecule has 2 aromatic heterocycles. The third-order valence-corrected chi connectivity index (χ3v) is 6.42. The number of aromatic nitrogens is 3. The Balaban J connectivity index is 1.17. The number of fused-ring (bicyclic) bond motifs is 2. The SMILES string of the molecule is Cn1c(CN2C[C@@H]3C(COc4ccc(Cl)cc4Cl)[C@@H]3C2)nc2ncccc21. The van der Waals surface area contributed by atoms with Crippen LogP contribution in [-0.2, 0) is 13.6 Å². The lowest BCUT2D eigenvalue weighted by Gasteiger charge is -2.19. The van der Waals surface area contributed by atoms with Crippen LogP contribution in [0.2, 0.25) is 10.0 Å². The van der Waals surface area contributed by atoms with Gasteiger partial charge in [0.2, 0.25) is 0 Å². The highest BCUT2D eigenvalue weighted by atomic mass is 35.5. The molecule has 2 fully saturated rings. The number of likely N-dealkylation sites (tertiary alicyclic amines) is 1. The summed E-state index contributed by atoms with van der Waals surface area (Å²) in [5.41, 5.74) is 1.91. The minimum absolute atomic E-state index is 0.574. The largest absolute Gasteiger partial charge is 0.492 e.